The molecule has 1 heterocycles. The van der Waals surface area contributed by atoms with E-state index in [9.17, 15) is 0 Å². The number of hydrogen-bond donors (Lipinski definition) is 0. The van der Waals surface area contributed by atoms with E-state index in [1.807, 2.05) is 18.2 Å². The van der Waals surface area contributed by atoms with Gasteiger partial charge in [-0.3, -0.25) is 0 Å². The Hall–Kier alpha value is -1.06. The number of aromatic nitrogens is 2. The van der Waals surface area contributed by atoms with Gasteiger partial charge < -0.3 is 9.30 Å². The third-order valence-corrected chi connectivity index (χ3v) is 3.04. The molecule has 0 spiro atoms. The molecule has 3 nitrogen and oxygen atoms in total. The minimum atomic E-state index is 0.439. The first-order chi connectivity index (χ1) is 8.26. The zero-order valence-electron chi connectivity index (χ0n) is 10.2. The van der Waals surface area contributed by atoms with E-state index in [0.29, 0.717) is 11.8 Å². The fraction of sp³-hybridized carbons (Fsp3) is 0.462. The number of hydrogen-bond acceptors (Lipinski definition) is 2. The molecule has 0 radical (unpaired) electrons. The van der Waals surface area contributed by atoms with Gasteiger partial charge in [-0.15, -0.1) is 11.6 Å². The van der Waals surface area contributed by atoms with Crippen molar-refractivity contribution in [1.29, 1.82) is 0 Å². The Morgan fingerprint density at radius 2 is 2.18 bits per heavy atom. The van der Waals surface area contributed by atoms with Crippen LogP contribution >= 0.6 is 11.6 Å². The molecule has 0 aliphatic heterocycles. The number of halogens is 1. The van der Waals surface area contributed by atoms with Crippen molar-refractivity contribution in [3.8, 4) is 0 Å². The van der Waals surface area contributed by atoms with Crippen LogP contribution in [0.5, 0.6) is 0 Å². The topological polar surface area (TPSA) is 27.1 Å². The maximum absolute atomic E-state index is 5.95. The van der Waals surface area contributed by atoms with E-state index in [2.05, 4.69) is 22.5 Å². The third kappa shape index (κ3) is 2.61. The van der Waals surface area contributed by atoms with Gasteiger partial charge in [0.25, 0.3) is 0 Å². The Kier molecular flexibility index (Phi) is 4.02. The number of rotatable bonds is 5. The van der Waals surface area contributed by atoms with Crippen molar-refractivity contribution >= 4 is 22.6 Å². The molecule has 0 bridgehead atoms. The molecule has 0 aliphatic carbocycles. The maximum Gasteiger partial charge on any atom is 0.124 e. The standard InChI is InChI=1S/C13H17ClN2O/c1-10(9-17-2)8-16-12-6-4-3-5-11(12)15-13(16)7-14/h3-6,10H,7-9H2,1-2H3. The monoisotopic (exact) mass is 252 g/mol. The summed E-state index contributed by atoms with van der Waals surface area (Å²) in [6.07, 6.45) is 0. The van der Waals surface area contributed by atoms with Crippen molar-refractivity contribution in [1.82, 2.24) is 9.55 Å². The van der Waals surface area contributed by atoms with E-state index in [1.54, 1.807) is 7.11 Å². The Bertz CT molecular complexity index is 495. The van der Waals surface area contributed by atoms with Crippen LogP contribution < -0.4 is 0 Å². The average Bonchev–Trinajstić information content (AvgIpc) is 2.68. The lowest BCUT2D eigenvalue weighted by atomic mass is 10.2. The number of ether oxygens (including phenoxy) is 1. The Balaban J connectivity index is 2.36. The molecule has 0 amide bonds. The molecule has 1 unspecified atom stereocenters. The molecular formula is C13H17ClN2O. The minimum Gasteiger partial charge on any atom is -0.384 e. The van der Waals surface area contributed by atoms with Gasteiger partial charge in [0.2, 0.25) is 0 Å². The number of para-hydroxylation sites is 2. The highest BCUT2D eigenvalue weighted by molar-refractivity contribution is 6.16. The van der Waals surface area contributed by atoms with Gasteiger partial charge in [-0.25, -0.2) is 4.98 Å². The van der Waals surface area contributed by atoms with Crippen molar-refractivity contribution in [2.45, 2.75) is 19.3 Å². The predicted octanol–water partition coefficient (Wildman–Crippen LogP) is 3.06. The molecule has 1 atom stereocenters. The van der Waals surface area contributed by atoms with Crippen LogP contribution in [0.1, 0.15) is 12.7 Å². The fourth-order valence-electron chi connectivity index (χ4n) is 2.08. The molecule has 2 aromatic rings. The van der Waals surface area contributed by atoms with Gasteiger partial charge >= 0.3 is 0 Å². The second-order valence-electron chi connectivity index (χ2n) is 4.32. The largest absolute Gasteiger partial charge is 0.384 e. The summed E-state index contributed by atoms with van der Waals surface area (Å²) in [5, 5.41) is 0. The second-order valence-corrected chi connectivity index (χ2v) is 4.59. The number of imidazole rings is 1. The molecule has 0 fully saturated rings. The Morgan fingerprint density at radius 3 is 2.88 bits per heavy atom. The van der Waals surface area contributed by atoms with Gasteiger partial charge in [-0.2, -0.15) is 0 Å². The van der Waals surface area contributed by atoms with Crippen molar-refractivity contribution in [3.63, 3.8) is 0 Å². The molecule has 1 aromatic carbocycles. The molecule has 0 N–H and O–H groups in total. The van der Waals surface area contributed by atoms with Crippen LogP contribution in [0, 0.1) is 5.92 Å². The number of benzene rings is 1. The van der Waals surface area contributed by atoms with Gasteiger partial charge in [0, 0.05) is 13.7 Å². The normalized spacial score (nSPS) is 13.1. The third-order valence-electron chi connectivity index (χ3n) is 2.80. The minimum absolute atomic E-state index is 0.439. The first-order valence-electron chi connectivity index (χ1n) is 5.75. The van der Waals surface area contributed by atoms with Crippen molar-refractivity contribution in [3.05, 3.63) is 30.1 Å². The van der Waals surface area contributed by atoms with Crippen LogP contribution in [0.25, 0.3) is 11.0 Å². The summed E-state index contributed by atoms with van der Waals surface area (Å²) < 4.78 is 7.36. The van der Waals surface area contributed by atoms with Gasteiger partial charge in [0.15, 0.2) is 0 Å². The van der Waals surface area contributed by atoms with Crippen molar-refractivity contribution in [2.75, 3.05) is 13.7 Å². The summed E-state index contributed by atoms with van der Waals surface area (Å²) in [4.78, 5) is 4.53. The summed E-state index contributed by atoms with van der Waals surface area (Å²) in [6, 6.07) is 8.12. The zero-order valence-corrected chi connectivity index (χ0v) is 10.9. The summed E-state index contributed by atoms with van der Waals surface area (Å²) in [6.45, 7) is 3.79. The van der Waals surface area contributed by atoms with Crippen molar-refractivity contribution in [2.24, 2.45) is 5.92 Å². The Labute approximate surface area is 106 Å². The lowest BCUT2D eigenvalue weighted by molar-refractivity contribution is 0.151. The molecule has 0 aliphatic rings. The maximum atomic E-state index is 5.95. The van der Waals surface area contributed by atoms with E-state index in [1.165, 1.54) is 0 Å². The second kappa shape index (κ2) is 5.52. The lowest BCUT2D eigenvalue weighted by Crippen LogP contribution is -2.14. The average molecular weight is 253 g/mol. The van der Waals surface area contributed by atoms with E-state index in [-0.39, 0.29) is 0 Å². The molecule has 0 saturated heterocycles. The highest BCUT2D eigenvalue weighted by Gasteiger charge is 2.12. The number of fused-ring (bicyclic) bond motifs is 1. The van der Waals surface area contributed by atoms with Crippen LogP contribution in [0.2, 0.25) is 0 Å². The lowest BCUT2D eigenvalue weighted by Gasteiger charge is -2.13. The predicted molar refractivity (Wildman–Crippen MR) is 70.3 cm³/mol. The fourth-order valence-corrected chi connectivity index (χ4v) is 2.28. The SMILES string of the molecule is COCC(C)Cn1c(CCl)nc2ccccc21. The zero-order chi connectivity index (χ0) is 12.3. The summed E-state index contributed by atoms with van der Waals surface area (Å²) in [7, 11) is 1.73. The molecule has 1 aromatic heterocycles. The first-order valence-corrected chi connectivity index (χ1v) is 6.28. The molecule has 17 heavy (non-hydrogen) atoms. The molecule has 0 saturated carbocycles. The van der Waals surface area contributed by atoms with Gasteiger partial charge in [0.05, 0.1) is 23.5 Å². The smallest absolute Gasteiger partial charge is 0.124 e. The van der Waals surface area contributed by atoms with E-state index >= 15 is 0 Å². The van der Waals surface area contributed by atoms with Crippen LogP contribution in [-0.2, 0) is 17.2 Å². The summed E-state index contributed by atoms with van der Waals surface area (Å²) >= 11 is 5.95. The van der Waals surface area contributed by atoms with Crippen LogP contribution in [0.15, 0.2) is 24.3 Å². The molecule has 2 rings (SSSR count). The summed E-state index contributed by atoms with van der Waals surface area (Å²) in [5.74, 6) is 1.81. The van der Waals surface area contributed by atoms with Crippen molar-refractivity contribution < 1.29 is 4.74 Å². The molecule has 92 valence electrons. The Morgan fingerprint density at radius 1 is 1.41 bits per heavy atom. The summed E-state index contributed by atoms with van der Waals surface area (Å²) in [5.41, 5.74) is 2.15. The van der Waals surface area contributed by atoms with E-state index in [4.69, 9.17) is 16.3 Å². The van der Waals surface area contributed by atoms with Gasteiger partial charge in [0.1, 0.15) is 5.82 Å². The highest BCUT2D eigenvalue weighted by Crippen LogP contribution is 2.19. The quantitative estimate of drug-likeness (QED) is 0.765. The van der Waals surface area contributed by atoms with Gasteiger partial charge in [-0.05, 0) is 18.1 Å². The van der Waals surface area contributed by atoms with Crippen LogP contribution in [0.4, 0.5) is 0 Å². The highest BCUT2D eigenvalue weighted by atomic mass is 35.5. The number of alkyl halides is 1. The molecule has 4 heteroatoms. The van der Waals surface area contributed by atoms with Crippen LogP contribution in [-0.4, -0.2) is 23.3 Å². The molecular weight excluding hydrogens is 236 g/mol. The van der Waals surface area contributed by atoms with Crippen LogP contribution in [0.3, 0.4) is 0 Å². The first kappa shape index (κ1) is 12.4. The van der Waals surface area contributed by atoms with E-state index < -0.39 is 0 Å². The van der Waals surface area contributed by atoms with E-state index in [0.717, 1.165) is 30.0 Å². The number of nitrogens with zero attached hydrogens (tertiary/aromatic N) is 2. The number of methoxy groups -OCH3 is 1. The van der Waals surface area contributed by atoms with Gasteiger partial charge in [-0.1, -0.05) is 19.1 Å².